The number of aromatic nitrogens is 1. The topological polar surface area (TPSA) is 159 Å². The van der Waals surface area contributed by atoms with Crippen LogP contribution in [0.15, 0.2) is 58.7 Å². The molecular formula is C53H71N5O10S. The third-order valence-electron chi connectivity index (χ3n) is 18.5. The minimum absolute atomic E-state index is 0.0640. The number of ether oxygens (including phenoxy) is 6. The number of hydrogen-bond acceptors (Lipinski definition) is 15. The predicted molar refractivity (Wildman–Crippen MR) is 259 cm³/mol. The second-order valence-corrected chi connectivity index (χ2v) is 22.7. The number of benzene rings is 1. The number of nitrogens with one attached hydrogen (secondary N) is 1. The van der Waals surface area contributed by atoms with E-state index in [-0.39, 0.29) is 17.9 Å². The number of thioether (sulfide) groups is 1. The Morgan fingerprint density at radius 1 is 1.00 bits per heavy atom. The summed E-state index contributed by atoms with van der Waals surface area (Å²) >= 11 is 1.87. The van der Waals surface area contributed by atoms with E-state index in [2.05, 4.69) is 80.9 Å². The van der Waals surface area contributed by atoms with Crippen LogP contribution in [0, 0.1) is 22.7 Å². The summed E-state index contributed by atoms with van der Waals surface area (Å²) in [4.78, 5) is 58.2. The summed E-state index contributed by atoms with van der Waals surface area (Å²) in [5, 5.41) is 13.3. The van der Waals surface area contributed by atoms with Crippen LogP contribution in [0.2, 0.25) is 0 Å². The zero-order valence-corrected chi connectivity index (χ0v) is 42.3. The summed E-state index contributed by atoms with van der Waals surface area (Å²) in [6.07, 6.45) is 11.7. The Labute approximate surface area is 410 Å². The summed E-state index contributed by atoms with van der Waals surface area (Å²) in [5.74, 6) is -1.10. The van der Waals surface area contributed by atoms with Crippen LogP contribution in [0.4, 0.5) is 0 Å². The first kappa shape index (κ1) is 47.6. The molecule has 2 aliphatic carbocycles. The Morgan fingerprint density at radius 2 is 1.80 bits per heavy atom. The summed E-state index contributed by atoms with van der Waals surface area (Å²) in [5.41, 5.74) is -2.04. The molecule has 2 spiro atoms. The highest BCUT2D eigenvalue weighted by Gasteiger charge is 2.99. The van der Waals surface area contributed by atoms with Gasteiger partial charge in [-0.2, -0.15) is 0 Å². The number of likely N-dealkylation sites (tertiary alicyclic amines) is 1. The monoisotopic (exact) mass is 969 g/mol. The van der Waals surface area contributed by atoms with Crippen molar-refractivity contribution in [2.75, 3.05) is 99.7 Å². The Balaban J connectivity index is 1.10. The number of H-pyrrole nitrogens is 1. The molecule has 2 N–H and O–H groups in total. The fourth-order valence-electron chi connectivity index (χ4n) is 15.7. The van der Waals surface area contributed by atoms with Gasteiger partial charge in [0, 0.05) is 105 Å². The summed E-state index contributed by atoms with van der Waals surface area (Å²) in [6.45, 7) is 13.6. The summed E-state index contributed by atoms with van der Waals surface area (Å²) in [6, 6.07) is 6.43. The molecule has 8 heterocycles. The van der Waals surface area contributed by atoms with Crippen molar-refractivity contribution in [2.45, 2.75) is 111 Å². The van der Waals surface area contributed by atoms with Gasteiger partial charge < -0.3 is 43.4 Å². The molecule has 3 unspecified atom stereocenters. The van der Waals surface area contributed by atoms with Crippen LogP contribution < -0.4 is 0 Å². The molecule has 11 rings (SSSR count). The molecule has 0 amide bonds. The van der Waals surface area contributed by atoms with Crippen LogP contribution in [0.1, 0.15) is 70.6 Å². The zero-order valence-electron chi connectivity index (χ0n) is 41.5. The lowest BCUT2D eigenvalue weighted by Gasteiger charge is -2.58. The third-order valence-corrected chi connectivity index (χ3v) is 19.6. The number of nitrogens with zero attached hydrogens (tertiary/aromatic N) is 4. The van der Waals surface area contributed by atoms with Crippen molar-refractivity contribution < 1.29 is 47.9 Å². The number of hydrogen-bond donors (Lipinski definition) is 2. The van der Waals surface area contributed by atoms with Gasteiger partial charge in [-0.3, -0.25) is 24.3 Å². The zero-order chi connectivity index (χ0) is 48.3. The van der Waals surface area contributed by atoms with E-state index in [4.69, 9.17) is 28.4 Å². The van der Waals surface area contributed by atoms with Crippen LogP contribution in [0.3, 0.4) is 0 Å². The lowest BCUT2D eigenvalue weighted by molar-refractivity contribution is -0.182. The van der Waals surface area contributed by atoms with E-state index in [1.165, 1.54) is 26.0 Å². The molecule has 7 aliphatic heterocycles. The molecule has 16 heteroatoms. The van der Waals surface area contributed by atoms with Gasteiger partial charge in [0.25, 0.3) is 5.60 Å². The number of carbonyl (C=O) groups is 3. The molecule has 1 saturated carbocycles. The smallest absolute Gasteiger partial charge is 0.347 e. The number of carbonyl (C=O) groups excluding carboxylic acids is 3. The van der Waals surface area contributed by atoms with Crippen molar-refractivity contribution in [3.05, 3.63) is 65.0 Å². The Kier molecular flexibility index (Phi) is 11.9. The number of likely N-dealkylation sites (N-methyl/N-ethyl adjacent to an activating group) is 1. The third kappa shape index (κ3) is 6.53. The first-order valence-corrected chi connectivity index (χ1v) is 26.4. The van der Waals surface area contributed by atoms with E-state index < -0.39 is 63.2 Å². The van der Waals surface area contributed by atoms with Gasteiger partial charge in [0.1, 0.15) is 5.41 Å². The molecule has 6 fully saturated rings. The molecule has 12 atom stereocenters. The van der Waals surface area contributed by atoms with Crippen molar-refractivity contribution in [2.24, 2.45) is 22.7 Å². The number of morpholine rings is 1. The van der Waals surface area contributed by atoms with Crippen molar-refractivity contribution in [1.82, 2.24) is 24.6 Å². The number of allylic oxidation sites excluding steroid dienone is 1. The standard InChI is InChI=1S/C53H71N5O10S/c1-8-48(62)29-34-30-50(46(60)64-6,43-36(14-19-57(31-34)32-48)37-26-35(12-13-40(37)54-43)69-25-11-17-56-21-23-66-24-22-56)39-27-38-41(28-42(39)63-5)55(4)53-51(38)16-20-58-18-10-15-49(9-2,44(51)58)45(67-33(3)59)52(53,68-53)47(61)65-7/h10,12-13,15,26-28,34,39,42,44-45,54,62H,8-9,11,14,16-25,29-32H2,1-7H3/t34-,39?,42?,44+,45-,48+,49-,50+,51-,52+,53+/m1/s1. The number of epoxide rings is 1. The van der Waals surface area contributed by atoms with E-state index in [0.29, 0.717) is 51.6 Å². The van der Waals surface area contributed by atoms with Gasteiger partial charge in [0.05, 0.1) is 44.6 Å². The second-order valence-electron chi connectivity index (χ2n) is 21.5. The van der Waals surface area contributed by atoms with Crippen LogP contribution in [0.25, 0.3) is 10.9 Å². The quantitative estimate of drug-likeness (QED) is 0.0745. The van der Waals surface area contributed by atoms with E-state index in [1.807, 2.05) is 18.8 Å². The minimum atomic E-state index is -1.65. The molecule has 5 saturated heterocycles. The minimum Gasteiger partial charge on any atom is -0.468 e. The largest absolute Gasteiger partial charge is 0.468 e. The molecule has 1 aromatic carbocycles. The molecule has 374 valence electrons. The fourth-order valence-corrected chi connectivity index (χ4v) is 16.6. The first-order valence-electron chi connectivity index (χ1n) is 25.5. The van der Waals surface area contributed by atoms with E-state index in [9.17, 15) is 14.7 Å². The maximum Gasteiger partial charge on any atom is 0.347 e. The van der Waals surface area contributed by atoms with Crippen molar-refractivity contribution in [3.8, 4) is 0 Å². The number of piperidine rings is 1. The van der Waals surface area contributed by atoms with Gasteiger partial charge in [-0.05, 0) is 105 Å². The van der Waals surface area contributed by atoms with Crippen molar-refractivity contribution in [3.63, 3.8) is 0 Å². The van der Waals surface area contributed by atoms with Gasteiger partial charge >= 0.3 is 17.9 Å². The normalized spacial score (nSPS) is 39.9. The summed E-state index contributed by atoms with van der Waals surface area (Å²) < 4.78 is 37.6. The maximum atomic E-state index is 15.7. The molecular weight excluding hydrogens is 899 g/mol. The van der Waals surface area contributed by atoms with Gasteiger partial charge in [0.15, 0.2) is 11.8 Å². The number of fused-ring (bicyclic) bond motifs is 6. The van der Waals surface area contributed by atoms with Crippen molar-refractivity contribution in [1.29, 1.82) is 0 Å². The number of aliphatic hydroxyl groups is 1. The van der Waals surface area contributed by atoms with Crippen molar-refractivity contribution >= 4 is 40.6 Å². The SMILES string of the molecule is CC[C@]1(O)C[C@H]2CN(CCc3c([nH]c4ccc(SCCCN5CCOCC5)cc34)[C@@](C(=O)OC)(C3C=C4C(=CC3OC)N(C)[C@@]35O[C@]3(C(=O)OC)[C@H](OC(C)=O)[C@]3(CC)C=CCN6CC[C@]45[C@@H]63)C2)C1. The average Bonchev–Trinajstić information content (AvgIpc) is 3.60. The molecule has 15 nitrogen and oxygen atoms in total. The fraction of sp³-hybridized carbons (Fsp3) is 0.679. The van der Waals surface area contributed by atoms with Crippen LogP contribution in [-0.4, -0.2) is 182 Å². The molecule has 2 bridgehead atoms. The van der Waals surface area contributed by atoms with Gasteiger partial charge in [-0.25, -0.2) is 4.79 Å². The molecule has 69 heavy (non-hydrogen) atoms. The molecule has 2 aromatic rings. The maximum absolute atomic E-state index is 15.7. The Hall–Kier alpha value is -3.74. The highest BCUT2D eigenvalue weighted by Crippen LogP contribution is 2.82. The van der Waals surface area contributed by atoms with Gasteiger partial charge in [0.2, 0.25) is 0 Å². The lowest BCUT2D eigenvalue weighted by Crippen LogP contribution is -2.73. The highest BCUT2D eigenvalue weighted by molar-refractivity contribution is 7.99. The van der Waals surface area contributed by atoms with Gasteiger partial charge in [-0.1, -0.05) is 32.1 Å². The number of esters is 3. The number of aromatic amines is 1. The average molecular weight is 970 g/mol. The molecule has 0 radical (unpaired) electrons. The molecule has 9 aliphatic rings. The van der Waals surface area contributed by atoms with Gasteiger partial charge in [-0.15, -0.1) is 11.8 Å². The second kappa shape index (κ2) is 17.2. The van der Waals surface area contributed by atoms with Crippen LogP contribution >= 0.6 is 11.8 Å². The Morgan fingerprint density at radius 3 is 2.52 bits per heavy atom. The van der Waals surface area contributed by atoms with E-state index in [1.54, 1.807) is 7.11 Å². The first-order chi connectivity index (χ1) is 33.3. The Bertz CT molecular complexity index is 2510. The van der Waals surface area contributed by atoms with Crippen LogP contribution in [-0.2, 0) is 54.6 Å². The lowest BCUT2D eigenvalue weighted by atomic mass is 9.48. The van der Waals surface area contributed by atoms with Crippen LogP contribution in [0.5, 0.6) is 0 Å². The van der Waals surface area contributed by atoms with E-state index >= 15 is 4.79 Å². The molecule has 1 aromatic heterocycles. The number of rotatable bonds is 12. The van der Waals surface area contributed by atoms with E-state index in [0.717, 1.165) is 98.1 Å². The highest BCUT2D eigenvalue weighted by atomic mass is 32.2. The summed E-state index contributed by atoms with van der Waals surface area (Å²) in [7, 11) is 6.55. The number of methoxy groups -OCH3 is 3. The predicted octanol–water partition coefficient (Wildman–Crippen LogP) is 4.81.